The van der Waals surface area contributed by atoms with E-state index < -0.39 is 11.8 Å². The Kier molecular flexibility index (Phi) is 6.21. The fourth-order valence-electron chi connectivity index (χ4n) is 3.89. The SMILES string of the molecule is O=C(CN1C(=O)c2ccccc2C1=O)NCCCN1CCOC(c2ccccc2)C1. The van der Waals surface area contributed by atoms with E-state index in [1.807, 2.05) is 18.2 Å². The summed E-state index contributed by atoms with van der Waals surface area (Å²) < 4.78 is 5.88. The van der Waals surface area contributed by atoms with Gasteiger partial charge in [0.2, 0.25) is 5.91 Å². The fourth-order valence-corrected chi connectivity index (χ4v) is 3.89. The van der Waals surface area contributed by atoms with E-state index in [1.165, 1.54) is 5.56 Å². The molecule has 2 aromatic rings. The number of carbonyl (C=O) groups is 3. The van der Waals surface area contributed by atoms with Gasteiger partial charge in [0, 0.05) is 26.2 Å². The average Bonchev–Trinajstić information content (AvgIpc) is 3.03. The first-order valence-corrected chi connectivity index (χ1v) is 10.2. The molecule has 2 aromatic carbocycles. The van der Waals surface area contributed by atoms with Crippen LogP contribution in [0, 0.1) is 0 Å². The third-order valence-electron chi connectivity index (χ3n) is 5.48. The second-order valence-electron chi connectivity index (χ2n) is 7.52. The molecule has 1 saturated heterocycles. The minimum Gasteiger partial charge on any atom is -0.371 e. The largest absolute Gasteiger partial charge is 0.371 e. The summed E-state index contributed by atoms with van der Waals surface area (Å²) in [5.41, 5.74) is 1.89. The lowest BCUT2D eigenvalue weighted by atomic mass is 10.1. The van der Waals surface area contributed by atoms with E-state index >= 15 is 0 Å². The lowest BCUT2D eigenvalue weighted by Gasteiger charge is -2.33. The van der Waals surface area contributed by atoms with Crippen molar-refractivity contribution < 1.29 is 19.1 Å². The van der Waals surface area contributed by atoms with E-state index in [0.717, 1.165) is 31.0 Å². The van der Waals surface area contributed by atoms with Crippen LogP contribution in [0.3, 0.4) is 0 Å². The van der Waals surface area contributed by atoms with E-state index in [1.54, 1.807) is 24.3 Å². The summed E-state index contributed by atoms with van der Waals surface area (Å²) >= 11 is 0. The summed E-state index contributed by atoms with van der Waals surface area (Å²) in [6.07, 6.45) is 0.860. The van der Waals surface area contributed by atoms with Crippen molar-refractivity contribution in [1.29, 1.82) is 0 Å². The van der Waals surface area contributed by atoms with Crippen molar-refractivity contribution in [3.8, 4) is 0 Å². The maximum Gasteiger partial charge on any atom is 0.262 e. The van der Waals surface area contributed by atoms with Crippen LogP contribution in [-0.4, -0.2) is 66.9 Å². The van der Waals surface area contributed by atoms with Crippen LogP contribution in [0.4, 0.5) is 0 Å². The van der Waals surface area contributed by atoms with Gasteiger partial charge < -0.3 is 10.1 Å². The van der Waals surface area contributed by atoms with E-state index in [-0.39, 0.29) is 18.6 Å². The van der Waals surface area contributed by atoms with Crippen LogP contribution >= 0.6 is 0 Å². The molecule has 1 fully saturated rings. The van der Waals surface area contributed by atoms with Crippen molar-refractivity contribution >= 4 is 17.7 Å². The first kappa shape index (κ1) is 20.3. The Balaban J connectivity index is 1.19. The summed E-state index contributed by atoms with van der Waals surface area (Å²) in [5.74, 6) is -1.15. The molecule has 2 aliphatic heterocycles. The maximum absolute atomic E-state index is 12.3. The number of morpholine rings is 1. The first-order valence-electron chi connectivity index (χ1n) is 10.2. The van der Waals surface area contributed by atoms with Gasteiger partial charge in [0.1, 0.15) is 6.54 Å². The van der Waals surface area contributed by atoms with Gasteiger partial charge in [0.05, 0.1) is 23.8 Å². The Bertz CT molecular complexity index is 896. The zero-order valence-electron chi connectivity index (χ0n) is 16.8. The Morgan fingerprint density at radius 3 is 2.37 bits per heavy atom. The van der Waals surface area contributed by atoms with Crippen molar-refractivity contribution in [2.75, 3.05) is 39.3 Å². The van der Waals surface area contributed by atoms with Crippen LogP contribution < -0.4 is 5.32 Å². The summed E-state index contributed by atoms with van der Waals surface area (Å²) in [5, 5.41) is 2.82. The molecule has 0 radical (unpaired) electrons. The number of hydrogen-bond donors (Lipinski definition) is 1. The molecule has 156 valence electrons. The molecule has 1 unspecified atom stereocenters. The highest BCUT2D eigenvalue weighted by molar-refractivity contribution is 6.22. The van der Waals surface area contributed by atoms with Crippen LogP contribution in [0.15, 0.2) is 54.6 Å². The van der Waals surface area contributed by atoms with Crippen molar-refractivity contribution in [2.24, 2.45) is 0 Å². The third-order valence-corrected chi connectivity index (χ3v) is 5.48. The van der Waals surface area contributed by atoms with Crippen molar-refractivity contribution in [3.63, 3.8) is 0 Å². The quantitative estimate of drug-likeness (QED) is 0.560. The Hall–Kier alpha value is -3.03. The molecule has 30 heavy (non-hydrogen) atoms. The molecular weight excluding hydrogens is 382 g/mol. The van der Waals surface area contributed by atoms with Crippen LogP contribution in [0.5, 0.6) is 0 Å². The summed E-state index contributed by atoms with van der Waals surface area (Å²) in [7, 11) is 0. The number of hydrogen-bond acceptors (Lipinski definition) is 5. The van der Waals surface area contributed by atoms with Crippen molar-refractivity contribution in [3.05, 3.63) is 71.3 Å². The number of carbonyl (C=O) groups excluding carboxylic acids is 3. The molecule has 0 saturated carbocycles. The number of rotatable bonds is 7. The molecule has 0 aromatic heterocycles. The standard InChI is InChI=1S/C23H25N3O4/c27-21(16-26-22(28)18-9-4-5-10-19(18)23(26)29)24-11-6-12-25-13-14-30-20(15-25)17-7-2-1-3-8-17/h1-5,7-10,20H,6,11-16H2,(H,24,27). The van der Waals surface area contributed by atoms with Gasteiger partial charge in [0.25, 0.3) is 11.8 Å². The molecule has 7 nitrogen and oxygen atoms in total. The smallest absolute Gasteiger partial charge is 0.262 e. The fraction of sp³-hybridized carbons (Fsp3) is 0.348. The lowest BCUT2D eigenvalue weighted by Crippen LogP contribution is -2.42. The van der Waals surface area contributed by atoms with Gasteiger partial charge in [-0.05, 0) is 24.1 Å². The van der Waals surface area contributed by atoms with Gasteiger partial charge in [-0.3, -0.25) is 24.2 Å². The minimum absolute atomic E-state index is 0.0726. The highest BCUT2D eigenvalue weighted by Gasteiger charge is 2.36. The predicted octanol–water partition coefficient (Wildman–Crippen LogP) is 1.86. The van der Waals surface area contributed by atoms with Gasteiger partial charge >= 0.3 is 0 Å². The number of benzene rings is 2. The molecule has 0 bridgehead atoms. The zero-order chi connectivity index (χ0) is 20.9. The highest BCUT2D eigenvalue weighted by Crippen LogP contribution is 2.23. The maximum atomic E-state index is 12.3. The van der Waals surface area contributed by atoms with Crippen LogP contribution in [0.25, 0.3) is 0 Å². The van der Waals surface area contributed by atoms with Gasteiger partial charge in [-0.1, -0.05) is 42.5 Å². The minimum atomic E-state index is -0.411. The second kappa shape index (κ2) is 9.19. The van der Waals surface area contributed by atoms with Crippen LogP contribution in [-0.2, 0) is 9.53 Å². The first-order chi connectivity index (χ1) is 14.6. The number of imide groups is 1. The van der Waals surface area contributed by atoms with Gasteiger partial charge in [-0.2, -0.15) is 0 Å². The average molecular weight is 407 g/mol. The van der Waals surface area contributed by atoms with Crippen molar-refractivity contribution in [1.82, 2.24) is 15.1 Å². The monoisotopic (exact) mass is 407 g/mol. The molecule has 2 heterocycles. The molecule has 0 spiro atoms. The second-order valence-corrected chi connectivity index (χ2v) is 7.52. The Morgan fingerprint density at radius 1 is 1.00 bits per heavy atom. The molecule has 4 rings (SSSR count). The number of nitrogens with zero attached hydrogens (tertiary/aromatic N) is 2. The highest BCUT2D eigenvalue weighted by atomic mass is 16.5. The van der Waals surface area contributed by atoms with E-state index in [2.05, 4.69) is 22.3 Å². The molecule has 3 amide bonds. The van der Waals surface area contributed by atoms with Crippen LogP contribution in [0.1, 0.15) is 38.8 Å². The number of ether oxygens (including phenoxy) is 1. The summed E-state index contributed by atoms with van der Waals surface area (Å²) in [6, 6.07) is 16.8. The number of amides is 3. The van der Waals surface area contributed by atoms with Crippen LogP contribution in [0.2, 0.25) is 0 Å². The molecule has 2 aliphatic rings. The Morgan fingerprint density at radius 2 is 1.67 bits per heavy atom. The predicted molar refractivity (Wildman–Crippen MR) is 111 cm³/mol. The summed E-state index contributed by atoms with van der Waals surface area (Å²) in [4.78, 5) is 40.2. The molecule has 7 heteroatoms. The summed E-state index contributed by atoms with van der Waals surface area (Å²) in [6.45, 7) is 3.47. The van der Waals surface area contributed by atoms with E-state index in [0.29, 0.717) is 24.3 Å². The number of fused-ring (bicyclic) bond motifs is 1. The van der Waals surface area contributed by atoms with Crippen molar-refractivity contribution in [2.45, 2.75) is 12.5 Å². The van der Waals surface area contributed by atoms with E-state index in [9.17, 15) is 14.4 Å². The van der Waals surface area contributed by atoms with Gasteiger partial charge in [-0.15, -0.1) is 0 Å². The number of nitrogens with one attached hydrogen (secondary N) is 1. The normalized spacial score (nSPS) is 19.1. The topological polar surface area (TPSA) is 79.0 Å². The molecule has 1 N–H and O–H groups in total. The molecule has 0 aliphatic carbocycles. The molecule has 1 atom stereocenters. The Labute approximate surface area is 175 Å². The third kappa shape index (κ3) is 4.42. The lowest BCUT2D eigenvalue weighted by molar-refractivity contribution is -0.121. The molecular formula is C23H25N3O4. The zero-order valence-corrected chi connectivity index (χ0v) is 16.8. The van der Waals surface area contributed by atoms with Gasteiger partial charge in [0.15, 0.2) is 0 Å². The van der Waals surface area contributed by atoms with E-state index in [4.69, 9.17) is 4.74 Å². The van der Waals surface area contributed by atoms with Gasteiger partial charge in [-0.25, -0.2) is 0 Å².